The number of hydrogen-bond donors (Lipinski definition) is 1. The van der Waals surface area contributed by atoms with Crippen molar-refractivity contribution in [2.45, 2.75) is 26.5 Å². The van der Waals surface area contributed by atoms with Gasteiger partial charge in [-0.25, -0.2) is 9.67 Å². The maximum Gasteiger partial charge on any atom is 0.184 e. The van der Waals surface area contributed by atoms with Gasteiger partial charge in [0.05, 0.1) is 0 Å². The van der Waals surface area contributed by atoms with Crippen LogP contribution in [0.1, 0.15) is 26.3 Å². The second-order valence-corrected chi connectivity index (χ2v) is 6.14. The minimum absolute atomic E-state index is 0.441. The first kappa shape index (κ1) is 14.8. The lowest BCUT2D eigenvalue weighted by Crippen LogP contribution is -2.44. The average molecular weight is 292 g/mol. The van der Waals surface area contributed by atoms with Crippen molar-refractivity contribution < 1.29 is 5.11 Å². The first-order valence-electron chi connectivity index (χ1n) is 6.35. The van der Waals surface area contributed by atoms with Crippen LogP contribution in [0.2, 0.25) is 5.02 Å². The topological polar surface area (TPSA) is 50.9 Å². The van der Waals surface area contributed by atoms with Gasteiger partial charge in [-0.05, 0) is 23.8 Å². The van der Waals surface area contributed by atoms with Crippen LogP contribution in [-0.4, -0.2) is 19.9 Å². The highest BCUT2D eigenvalue weighted by molar-refractivity contribution is 6.30. The average Bonchev–Trinajstić information content (AvgIpc) is 2.90. The maximum atomic E-state index is 11.0. The zero-order chi connectivity index (χ0) is 14.8. The molecule has 0 amide bonds. The molecule has 0 aliphatic carbocycles. The first-order valence-corrected chi connectivity index (χ1v) is 6.73. The predicted molar refractivity (Wildman–Crippen MR) is 80.2 cm³/mol. The minimum atomic E-state index is -1.26. The SMILES string of the molecule is CC(C)(C)C(O)(C=Cc1ccc(Cl)cc1)n1cncn1. The fraction of sp³-hybridized carbons (Fsp3) is 0.333. The second kappa shape index (κ2) is 5.38. The van der Waals surface area contributed by atoms with E-state index in [0.29, 0.717) is 5.02 Å². The summed E-state index contributed by atoms with van der Waals surface area (Å²) in [6.45, 7) is 5.84. The summed E-state index contributed by atoms with van der Waals surface area (Å²) in [5.74, 6) is 0. The largest absolute Gasteiger partial charge is 0.365 e. The summed E-state index contributed by atoms with van der Waals surface area (Å²) in [7, 11) is 0. The van der Waals surface area contributed by atoms with Crippen LogP contribution >= 0.6 is 11.6 Å². The van der Waals surface area contributed by atoms with E-state index in [4.69, 9.17) is 11.6 Å². The van der Waals surface area contributed by atoms with Crippen LogP contribution in [0.3, 0.4) is 0 Å². The molecule has 1 unspecified atom stereocenters. The molecule has 1 N–H and O–H groups in total. The van der Waals surface area contributed by atoms with Crippen molar-refractivity contribution in [3.8, 4) is 0 Å². The molecule has 20 heavy (non-hydrogen) atoms. The molecule has 1 aromatic carbocycles. The van der Waals surface area contributed by atoms with Crippen LogP contribution in [0.25, 0.3) is 6.08 Å². The lowest BCUT2D eigenvalue weighted by atomic mass is 9.82. The quantitative estimate of drug-likeness (QED) is 0.943. The maximum absolute atomic E-state index is 11.0. The van der Waals surface area contributed by atoms with Gasteiger partial charge in [0.1, 0.15) is 12.7 Å². The Morgan fingerprint density at radius 3 is 2.35 bits per heavy atom. The summed E-state index contributed by atoms with van der Waals surface area (Å²) in [6.07, 6.45) is 6.50. The molecule has 0 spiro atoms. The van der Waals surface area contributed by atoms with E-state index in [9.17, 15) is 5.11 Å². The zero-order valence-corrected chi connectivity index (χ0v) is 12.5. The van der Waals surface area contributed by atoms with E-state index in [2.05, 4.69) is 10.1 Å². The van der Waals surface area contributed by atoms with Crippen molar-refractivity contribution in [3.05, 3.63) is 53.6 Å². The molecule has 0 saturated carbocycles. The Labute approximate surface area is 123 Å². The minimum Gasteiger partial charge on any atom is -0.365 e. The lowest BCUT2D eigenvalue weighted by Gasteiger charge is -2.37. The standard InChI is InChI=1S/C15H18ClN3O/c1-14(2,3)15(20,19-11-17-10-18-19)9-8-12-4-6-13(16)7-5-12/h4-11,20H,1-3H3. The van der Waals surface area contributed by atoms with Crippen molar-refractivity contribution in [3.63, 3.8) is 0 Å². The molecule has 2 rings (SSSR count). The summed E-state index contributed by atoms with van der Waals surface area (Å²) < 4.78 is 1.46. The molecule has 1 atom stereocenters. The van der Waals surface area contributed by atoms with E-state index in [1.807, 2.05) is 51.1 Å². The van der Waals surface area contributed by atoms with Gasteiger partial charge in [-0.1, -0.05) is 50.6 Å². The Bertz CT molecular complexity index is 585. The fourth-order valence-electron chi connectivity index (χ4n) is 1.84. The van der Waals surface area contributed by atoms with Crippen molar-refractivity contribution in [1.29, 1.82) is 0 Å². The monoisotopic (exact) mass is 291 g/mol. The summed E-state index contributed by atoms with van der Waals surface area (Å²) in [5, 5.41) is 15.7. The third-order valence-corrected chi connectivity index (χ3v) is 3.50. The molecule has 5 heteroatoms. The molecular weight excluding hydrogens is 274 g/mol. The normalized spacial score (nSPS) is 15.4. The van der Waals surface area contributed by atoms with E-state index < -0.39 is 11.1 Å². The third kappa shape index (κ3) is 2.92. The van der Waals surface area contributed by atoms with E-state index in [0.717, 1.165) is 5.56 Å². The van der Waals surface area contributed by atoms with Gasteiger partial charge in [-0.2, -0.15) is 5.10 Å². The van der Waals surface area contributed by atoms with Crippen LogP contribution < -0.4 is 0 Å². The Morgan fingerprint density at radius 1 is 1.20 bits per heavy atom. The highest BCUT2D eigenvalue weighted by atomic mass is 35.5. The molecule has 2 aromatic rings. The molecule has 4 nitrogen and oxygen atoms in total. The van der Waals surface area contributed by atoms with Gasteiger partial charge in [0.2, 0.25) is 0 Å². The number of aromatic nitrogens is 3. The predicted octanol–water partition coefficient (Wildman–Crippen LogP) is 3.34. The molecular formula is C15H18ClN3O. The van der Waals surface area contributed by atoms with E-state index in [1.54, 1.807) is 6.08 Å². The first-order chi connectivity index (χ1) is 9.33. The Kier molecular flexibility index (Phi) is 3.97. The summed E-state index contributed by atoms with van der Waals surface area (Å²) in [5.41, 5.74) is -0.746. The Balaban J connectivity index is 2.37. The second-order valence-electron chi connectivity index (χ2n) is 5.70. The van der Waals surface area contributed by atoms with E-state index >= 15 is 0 Å². The van der Waals surface area contributed by atoms with Gasteiger partial charge in [-0.3, -0.25) is 0 Å². The van der Waals surface area contributed by atoms with Crippen molar-refractivity contribution in [2.75, 3.05) is 0 Å². The van der Waals surface area contributed by atoms with Gasteiger partial charge < -0.3 is 5.11 Å². The van der Waals surface area contributed by atoms with Crippen molar-refractivity contribution in [1.82, 2.24) is 14.8 Å². The van der Waals surface area contributed by atoms with E-state index in [1.165, 1.54) is 17.3 Å². The van der Waals surface area contributed by atoms with Gasteiger partial charge in [0.15, 0.2) is 5.72 Å². The van der Waals surface area contributed by atoms with Crippen LogP contribution in [0.5, 0.6) is 0 Å². The summed E-state index contributed by atoms with van der Waals surface area (Å²) in [4.78, 5) is 3.91. The molecule has 106 valence electrons. The Morgan fingerprint density at radius 2 is 1.85 bits per heavy atom. The lowest BCUT2D eigenvalue weighted by molar-refractivity contribution is -0.0923. The molecule has 0 saturated heterocycles. The van der Waals surface area contributed by atoms with Crippen LogP contribution in [0, 0.1) is 5.41 Å². The van der Waals surface area contributed by atoms with Crippen LogP contribution in [0.4, 0.5) is 0 Å². The number of aliphatic hydroxyl groups is 1. The molecule has 0 fully saturated rings. The molecule has 0 aliphatic heterocycles. The zero-order valence-electron chi connectivity index (χ0n) is 11.8. The van der Waals surface area contributed by atoms with Crippen molar-refractivity contribution in [2.24, 2.45) is 5.41 Å². The highest BCUT2D eigenvalue weighted by Crippen LogP contribution is 2.35. The third-order valence-electron chi connectivity index (χ3n) is 3.25. The van der Waals surface area contributed by atoms with Crippen molar-refractivity contribution >= 4 is 17.7 Å². The molecule has 0 radical (unpaired) electrons. The van der Waals surface area contributed by atoms with Crippen LogP contribution in [-0.2, 0) is 5.72 Å². The fourth-order valence-corrected chi connectivity index (χ4v) is 1.97. The van der Waals surface area contributed by atoms with Crippen LogP contribution in [0.15, 0.2) is 43.0 Å². The number of nitrogens with zero attached hydrogens (tertiary/aromatic N) is 3. The number of benzene rings is 1. The van der Waals surface area contributed by atoms with Gasteiger partial charge >= 0.3 is 0 Å². The van der Waals surface area contributed by atoms with Gasteiger partial charge in [0, 0.05) is 10.4 Å². The smallest absolute Gasteiger partial charge is 0.184 e. The molecule has 0 aliphatic rings. The number of hydrogen-bond acceptors (Lipinski definition) is 3. The molecule has 1 aromatic heterocycles. The van der Waals surface area contributed by atoms with Gasteiger partial charge in [0.25, 0.3) is 0 Å². The number of halogens is 1. The number of rotatable bonds is 3. The Hall–Kier alpha value is -1.65. The van der Waals surface area contributed by atoms with E-state index in [-0.39, 0.29) is 0 Å². The highest BCUT2D eigenvalue weighted by Gasteiger charge is 2.40. The molecule has 1 heterocycles. The summed E-state index contributed by atoms with van der Waals surface area (Å²) in [6, 6.07) is 7.41. The van der Waals surface area contributed by atoms with Gasteiger partial charge in [-0.15, -0.1) is 0 Å². The summed E-state index contributed by atoms with van der Waals surface area (Å²) >= 11 is 5.86. The molecule has 0 bridgehead atoms.